The Labute approximate surface area is 349 Å². The van der Waals surface area contributed by atoms with E-state index in [1.54, 1.807) is 0 Å². The van der Waals surface area contributed by atoms with Gasteiger partial charge in [-0.25, -0.2) is 0 Å². The van der Waals surface area contributed by atoms with Crippen LogP contribution in [0.3, 0.4) is 0 Å². The van der Waals surface area contributed by atoms with Gasteiger partial charge in [-0.2, -0.15) is 0 Å². The third-order valence-corrected chi connectivity index (χ3v) is 8.93. The van der Waals surface area contributed by atoms with Crippen LogP contribution in [-0.2, 0) is 28.6 Å². The van der Waals surface area contributed by atoms with Crippen LogP contribution in [0, 0.1) is 0 Å². The van der Waals surface area contributed by atoms with E-state index in [0.29, 0.717) is 19.3 Å². The maximum Gasteiger partial charge on any atom is 0.306 e. The molecule has 1 unspecified atom stereocenters. The lowest BCUT2D eigenvalue weighted by Crippen LogP contribution is -2.30. The Hall–Kier alpha value is -3.93. The first-order valence-corrected chi connectivity index (χ1v) is 22.5. The molecule has 1 atom stereocenters. The highest BCUT2D eigenvalue weighted by Crippen LogP contribution is 2.13. The van der Waals surface area contributed by atoms with Crippen LogP contribution >= 0.6 is 0 Å². The average Bonchev–Trinajstić information content (AvgIpc) is 3.21. The summed E-state index contributed by atoms with van der Waals surface area (Å²) < 4.78 is 16.6. The number of hydrogen-bond donors (Lipinski definition) is 0. The molecule has 0 aliphatic carbocycles. The molecule has 0 aromatic rings. The van der Waals surface area contributed by atoms with Crippen LogP contribution in [0.2, 0.25) is 0 Å². The molecule has 0 saturated heterocycles. The van der Waals surface area contributed by atoms with Gasteiger partial charge in [-0.15, -0.1) is 0 Å². The molecule has 320 valence electrons. The maximum absolute atomic E-state index is 12.7. The fourth-order valence-electron chi connectivity index (χ4n) is 5.61. The van der Waals surface area contributed by atoms with Gasteiger partial charge in [0.25, 0.3) is 0 Å². The van der Waals surface area contributed by atoms with Gasteiger partial charge in [-0.1, -0.05) is 201 Å². The fourth-order valence-corrected chi connectivity index (χ4v) is 5.61. The van der Waals surface area contributed by atoms with E-state index in [-0.39, 0.29) is 37.5 Å². The molecule has 0 aliphatic heterocycles. The highest BCUT2D eigenvalue weighted by atomic mass is 16.6. The van der Waals surface area contributed by atoms with Crippen molar-refractivity contribution in [3.8, 4) is 0 Å². The van der Waals surface area contributed by atoms with E-state index in [4.69, 9.17) is 14.2 Å². The minimum atomic E-state index is -0.820. The van der Waals surface area contributed by atoms with Crippen molar-refractivity contribution in [2.45, 2.75) is 181 Å². The summed E-state index contributed by atoms with van der Waals surface area (Å²) in [6.45, 7) is 6.25. The van der Waals surface area contributed by atoms with Crippen molar-refractivity contribution in [1.82, 2.24) is 0 Å². The SMILES string of the molecule is CC\C=C/C=C\C=C/C=C\C=C\C=C/CCCCCC(=O)OCC(COC(=O)CCCCCCCCCCCCC)OC(=O)CCC/C=C\C/C=C\C/C=C\CC. The van der Waals surface area contributed by atoms with E-state index in [2.05, 4.69) is 69.4 Å². The molecular formula is C51H80O6. The Balaban J connectivity index is 4.54. The van der Waals surface area contributed by atoms with Crippen LogP contribution in [0.5, 0.6) is 0 Å². The molecule has 6 nitrogen and oxygen atoms in total. The van der Waals surface area contributed by atoms with Gasteiger partial charge >= 0.3 is 17.9 Å². The lowest BCUT2D eigenvalue weighted by atomic mass is 10.1. The molecule has 0 fully saturated rings. The highest BCUT2D eigenvalue weighted by molar-refractivity contribution is 5.71. The molecule has 0 saturated carbocycles. The molecule has 0 amide bonds. The lowest BCUT2D eigenvalue weighted by Gasteiger charge is -2.18. The Kier molecular flexibility index (Phi) is 41.7. The third kappa shape index (κ3) is 43.0. The van der Waals surface area contributed by atoms with Gasteiger partial charge in [0.2, 0.25) is 0 Å². The second-order valence-electron chi connectivity index (χ2n) is 14.4. The second-order valence-corrected chi connectivity index (χ2v) is 14.4. The summed E-state index contributed by atoms with van der Waals surface area (Å²) in [7, 11) is 0. The van der Waals surface area contributed by atoms with Gasteiger partial charge in [0, 0.05) is 19.3 Å². The summed E-state index contributed by atoms with van der Waals surface area (Å²) in [5, 5.41) is 0. The number of unbranched alkanes of at least 4 members (excludes halogenated alkanes) is 14. The van der Waals surface area contributed by atoms with Gasteiger partial charge < -0.3 is 14.2 Å². The van der Waals surface area contributed by atoms with E-state index >= 15 is 0 Å². The first-order valence-electron chi connectivity index (χ1n) is 22.5. The normalized spacial score (nSPS) is 13.1. The fraction of sp³-hybridized carbons (Fsp3) is 0.588. The molecule has 0 radical (unpaired) electrons. The predicted molar refractivity (Wildman–Crippen MR) is 242 cm³/mol. The molecule has 0 heterocycles. The van der Waals surface area contributed by atoms with Crippen molar-refractivity contribution in [1.29, 1.82) is 0 Å². The van der Waals surface area contributed by atoms with E-state index in [0.717, 1.165) is 77.0 Å². The summed E-state index contributed by atoms with van der Waals surface area (Å²) in [4.78, 5) is 37.7. The van der Waals surface area contributed by atoms with E-state index in [1.807, 2.05) is 60.8 Å². The zero-order valence-electron chi connectivity index (χ0n) is 36.3. The first-order chi connectivity index (χ1) is 28.0. The molecule has 0 N–H and O–H groups in total. The molecular weight excluding hydrogens is 709 g/mol. The van der Waals surface area contributed by atoms with Crippen molar-refractivity contribution in [3.05, 3.63) is 109 Å². The van der Waals surface area contributed by atoms with Crippen LogP contribution in [0.15, 0.2) is 109 Å². The zero-order valence-corrected chi connectivity index (χ0v) is 36.3. The topological polar surface area (TPSA) is 78.9 Å². The van der Waals surface area contributed by atoms with Crippen molar-refractivity contribution in [2.75, 3.05) is 13.2 Å². The predicted octanol–water partition coefficient (Wildman–Crippen LogP) is 14.4. The quantitative estimate of drug-likeness (QED) is 0.0204. The van der Waals surface area contributed by atoms with Gasteiger partial charge in [0.15, 0.2) is 6.10 Å². The van der Waals surface area contributed by atoms with Crippen LogP contribution in [0.4, 0.5) is 0 Å². The molecule has 6 heteroatoms. The second kappa shape index (κ2) is 44.8. The molecule has 57 heavy (non-hydrogen) atoms. The van der Waals surface area contributed by atoms with Gasteiger partial charge in [0.1, 0.15) is 13.2 Å². The van der Waals surface area contributed by atoms with Gasteiger partial charge in [0.05, 0.1) is 0 Å². The monoisotopic (exact) mass is 789 g/mol. The Morgan fingerprint density at radius 2 is 0.789 bits per heavy atom. The Morgan fingerprint density at radius 1 is 0.386 bits per heavy atom. The van der Waals surface area contributed by atoms with Crippen molar-refractivity contribution in [3.63, 3.8) is 0 Å². The number of carbonyl (C=O) groups is 3. The van der Waals surface area contributed by atoms with Crippen LogP contribution in [0.25, 0.3) is 0 Å². The molecule has 0 rings (SSSR count). The van der Waals surface area contributed by atoms with E-state index in [1.165, 1.54) is 51.4 Å². The molecule has 0 aromatic carbocycles. The molecule has 0 aliphatic rings. The Morgan fingerprint density at radius 3 is 1.32 bits per heavy atom. The number of allylic oxidation sites excluding steroid dienone is 18. The molecule has 0 aromatic heterocycles. The Bertz CT molecular complexity index is 1230. The standard InChI is InChI=1S/C51H80O6/c1-4-7-10-13-16-19-22-23-24-25-26-27-30-32-35-38-41-44-50(53)56-47-48(57-51(54)45-42-39-36-33-29-21-18-15-12-9-6-3)46-55-49(52)43-40-37-34-31-28-20-17-14-11-8-5-2/h7,9-10,12-13,16,18-19,21-27,30,33,36,48H,4-6,8,11,14-15,17,20,28-29,31-32,34-35,37-47H2,1-3H3/b10-7-,12-9-,16-13-,21-18-,22-19-,24-23-,26-25+,30-27-,36-33-. The maximum atomic E-state index is 12.7. The number of ether oxygens (including phenoxy) is 3. The summed E-state index contributed by atoms with van der Waals surface area (Å²) in [5.41, 5.74) is 0. The zero-order chi connectivity index (χ0) is 41.5. The minimum Gasteiger partial charge on any atom is -0.462 e. The van der Waals surface area contributed by atoms with Crippen molar-refractivity contribution >= 4 is 17.9 Å². The first kappa shape index (κ1) is 53.1. The van der Waals surface area contributed by atoms with E-state index < -0.39 is 6.10 Å². The number of hydrogen-bond acceptors (Lipinski definition) is 6. The molecule has 0 bridgehead atoms. The van der Waals surface area contributed by atoms with Crippen molar-refractivity contribution < 1.29 is 28.6 Å². The molecule has 0 spiro atoms. The number of carbonyl (C=O) groups excluding carboxylic acids is 3. The largest absolute Gasteiger partial charge is 0.462 e. The van der Waals surface area contributed by atoms with E-state index in [9.17, 15) is 14.4 Å². The van der Waals surface area contributed by atoms with Gasteiger partial charge in [-0.05, 0) is 64.2 Å². The van der Waals surface area contributed by atoms with Crippen molar-refractivity contribution in [2.24, 2.45) is 0 Å². The van der Waals surface area contributed by atoms with Crippen LogP contribution in [-0.4, -0.2) is 37.2 Å². The average molecular weight is 789 g/mol. The number of rotatable bonds is 38. The van der Waals surface area contributed by atoms with Crippen LogP contribution < -0.4 is 0 Å². The highest BCUT2D eigenvalue weighted by Gasteiger charge is 2.19. The number of esters is 3. The summed E-state index contributed by atoms with van der Waals surface area (Å²) >= 11 is 0. The summed E-state index contributed by atoms with van der Waals surface area (Å²) in [5.74, 6) is -1.03. The van der Waals surface area contributed by atoms with Crippen LogP contribution in [0.1, 0.15) is 175 Å². The third-order valence-electron chi connectivity index (χ3n) is 8.93. The van der Waals surface area contributed by atoms with Gasteiger partial charge in [-0.3, -0.25) is 14.4 Å². The lowest BCUT2D eigenvalue weighted by molar-refractivity contribution is -0.167. The summed E-state index contributed by atoms with van der Waals surface area (Å²) in [6, 6.07) is 0. The summed E-state index contributed by atoms with van der Waals surface area (Å²) in [6.07, 6.45) is 59.3. The smallest absolute Gasteiger partial charge is 0.306 e. The minimum absolute atomic E-state index is 0.114.